The average molecular weight is 303 g/mol. The third-order valence-electron chi connectivity index (χ3n) is 5.64. The molecule has 0 saturated heterocycles. The van der Waals surface area contributed by atoms with Gasteiger partial charge in [-0.2, -0.15) is 0 Å². The van der Waals surface area contributed by atoms with Crippen molar-refractivity contribution in [3.8, 4) is 5.75 Å². The highest BCUT2D eigenvalue weighted by Crippen LogP contribution is 2.49. The summed E-state index contributed by atoms with van der Waals surface area (Å²) in [6.07, 6.45) is 5.23. The molecular weight excluding hydrogens is 274 g/mol. The largest absolute Gasteiger partial charge is 0.491 e. The van der Waals surface area contributed by atoms with Crippen LogP contribution in [0.15, 0.2) is 24.3 Å². The predicted octanol–water partition coefficient (Wildman–Crippen LogP) is 3.15. The first-order valence-corrected chi connectivity index (χ1v) is 8.73. The molecular formula is C19H29NO2. The first-order chi connectivity index (χ1) is 10.6. The third-order valence-corrected chi connectivity index (χ3v) is 5.64. The summed E-state index contributed by atoms with van der Waals surface area (Å²) >= 11 is 0. The van der Waals surface area contributed by atoms with Gasteiger partial charge in [0, 0.05) is 12.6 Å². The van der Waals surface area contributed by atoms with Crippen LogP contribution in [0.25, 0.3) is 0 Å². The monoisotopic (exact) mass is 303 g/mol. The summed E-state index contributed by atoms with van der Waals surface area (Å²) in [4.78, 5) is 0. The maximum Gasteiger partial charge on any atom is 0.122 e. The number of aliphatic hydroxyl groups is 1. The Kier molecular flexibility index (Phi) is 5.04. The standard InChI is InChI=1S/C19H29NO2/c1-13-5-3-4-6-19(13)22-12-17(21)11-20-14(2)18-10-15-7-8-16(18)9-15/h3-6,14-18,20-21H,7-12H2,1-2H3. The second-order valence-electron chi connectivity index (χ2n) is 7.27. The minimum atomic E-state index is -0.458. The van der Waals surface area contributed by atoms with E-state index in [1.54, 1.807) is 0 Å². The summed E-state index contributed by atoms with van der Waals surface area (Å²) in [5.41, 5.74) is 1.11. The Labute approximate surface area is 134 Å². The zero-order valence-corrected chi connectivity index (χ0v) is 13.8. The fraction of sp³-hybridized carbons (Fsp3) is 0.684. The molecule has 2 fully saturated rings. The number of aryl methyl sites for hydroxylation is 1. The van der Waals surface area contributed by atoms with E-state index in [0.29, 0.717) is 19.2 Å². The van der Waals surface area contributed by atoms with Crippen LogP contribution in [0, 0.1) is 24.7 Å². The van der Waals surface area contributed by atoms with Crippen molar-refractivity contribution in [1.82, 2.24) is 5.32 Å². The number of hydrogen-bond donors (Lipinski definition) is 2. The van der Waals surface area contributed by atoms with Gasteiger partial charge in [0.15, 0.2) is 0 Å². The number of para-hydroxylation sites is 1. The van der Waals surface area contributed by atoms with E-state index in [-0.39, 0.29) is 0 Å². The van der Waals surface area contributed by atoms with E-state index in [0.717, 1.165) is 29.1 Å². The molecule has 2 bridgehead atoms. The smallest absolute Gasteiger partial charge is 0.122 e. The van der Waals surface area contributed by atoms with Crippen LogP contribution in [0.4, 0.5) is 0 Å². The van der Waals surface area contributed by atoms with Crippen LogP contribution >= 0.6 is 0 Å². The number of hydrogen-bond acceptors (Lipinski definition) is 3. The zero-order chi connectivity index (χ0) is 15.5. The summed E-state index contributed by atoms with van der Waals surface area (Å²) < 4.78 is 5.72. The molecule has 0 radical (unpaired) electrons. The summed E-state index contributed by atoms with van der Waals surface area (Å²) in [6, 6.07) is 8.44. The normalized spacial score (nSPS) is 29.5. The summed E-state index contributed by atoms with van der Waals surface area (Å²) in [7, 11) is 0. The van der Waals surface area contributed by atoms with Gasteiger partial charge in [-0.1, -0.05) is 24.6 Å². The van der Waals surface area contributed by atoms with Gasteiger partial charge >= 0.3 is 0 Å². The molecule has 0 amide bonds. The van der Waals surface area contributed by atoms with Crippen molar-refractivity contribution in [2.24, 2.45) is 17.8 Å². The van der Waals surface area contributed by atoms with Crippen molar-refractivity contribution in [2.75, 3.05) is 13.2 Å². The molecule has 3 nitrogen and oxygen atoms in total. The van der Waals surface area contributed by atoms with Crippen LogP contribution in [0.1, 0.15) is 38.2 Å². The van der Waals surface area contributed by atoms with Crippen molar-refractivity contribution in [2.45, 2.75) is 51.7 Å². The van der Waals surface area contributed by atoms with E-state index in [2.05, 4.69) is 12.2 Å². The summed E-state index contributed by atoms with van der Waals surface area (Å²) in [5, 5.41) is 13.7. The maximum atomic E-state index is 10.1. The predicted molar refractivity (Wildman–Crippen MR) is 89.1 cm³/mol. The lowest BCUT2D eigenvalue weighted by Crippen LogP contribution is -2.41. The minimum absolute atomic E-state index is 0.349. The van der Waals surface area contributed by atoms with Gasteiger partial charge in [0.2, 0.25) is 0 Å². The number of fused-ring (bicyclic) bond motifs is 2. The zero-order valence-electron chi connectivity index (χ0n) is 13.8. The highest BCUT2D eigenvalue weighted by atomic mass is 16.5. The van der Waals surface area contributed by atoms with E-state index < -0.39 is 6.10 Å². The van der Waals surface area contributed by atoms with Gasteiger partial charge in [0.25, 0.3) is 0 Å². The van der Waals surface area contributed by atoms with Crippen LogP contribution in [0.2, 0.25) is 0 Å². The Morgan fingerprint density at radius 2 is 2.09 bits per heavy atom. The molecule has 5 unspecified atom stereocenters. The second kappa shape index (κ2) is 7.01. The number of benzene rings is 1. The highest BCUT2D eigenvalue weighted by molar-refractivity contribution is 5.31. The van der Waals surface area contributed by atoms with Crippen LogP contribution in [0.5, 0.6) is 5.75 Å². The van der Waals surface area contributed by atoms with Crippen molar-refractivity contribution in [3.05, 3.63) is 29.8 Å². The lowest BCUT2D eigenvalue weighted by Gasteiger charge is -2.29. The molecule has 2 N–H and O–H groups in total. The Morgan fingerprint density at radius 1 is 1.27 bits per heavy atom. The van der Waals surface area contributed by atoms with Gasteiger partial charge in [0.1, 0.15) is 18.5 Å². The highest BCUT2D eigenvalue weighted by Gasteiger charge is 2.41. The van der Waals surface area contributed by atoms with Crippen LogP contribution in [0.3, 0.4) is 0 Å². The summed E-state index contributed by atoms with van der Waals surface area (Å²) in [6.45, 7) is 5.26. The van der Waals surface area contributed by atoms with Gasteiger partial charge < -0.3 is 15.2 Å². The first-order valence-electron chi connectivity index (χ1n) is 8.73. The van der Waals surface area contributed by atoms with Crippen molar-refractivity contribution < 1.29 is 9.84 Å². The molecule has 3 heteroatoms. The molecule has 2 aliphatic rings. The van der Waals surface area contributed by atoms with Crippen LogP contribution in [-0.4, -0.2) is 30.4 Å². The molecule has 0 spiro atoms. The van der Waals surface area contributed by atoms with Crippen molar-refractivity contribution >= 4 is 0 Å². The van der Waals surface area contributed by atoms with E-state index in [4.69, 9.17) is 4.74 Å². The maximum absolute atomic E-state index is 10.1. The van der Waals surface area contributed by atoms with Crippen LogP contribution < -0.4 is 10.1 Å². The molecule has 122 valence electrons. The fourth-order valence-corrected chi connectivity index (χ4v) is 4.34. The summed E-state index contributed by atoms with van der Waals surface area (Å²) in [5.74, 6) is 3.58. The Balaban J connectivity index is 1.39. The van der Waals surface area contributed by atoms with Gasteiger partial charge in [-0.15, -0.1) is 0 Å². The molecule has 22 heavy (non-hydrogen) atoms. The number of nitrogens with one attached hydrogen (secondary N) is 1. The molecule has 5 atom stereocenters. The van der Waals surface area contributed by atoms with Crippen molar-refractivity contribution in [1.29, 1.82) is 0 Å². The first kappa shape index (κ1) is 15.8. The van der Waals surface area contributed by atoms with Gasteiger partial charge in [-0.25, -0.2) is 0 Å². The minimum Gasteiger partial charge on any atom is -0.491 e. The van der Waals surface area contributed by atoms with Gasteiger partial charge in [0.05, 0.1) is 0 Å². The average Bonchev–Trinajstić information content (AvgIpc) is 3.15. The van der Waals surface area contributed by atoms with E-state index in [1.807, 2.05) is 31.2 Å². The topological polar surface area (TPSA) is 41.5 Å². The van der Waals surface area contributed by atoms with E-state index in [9.17, 15) is 5.11 Å². The number of aliphatic hydroxyl groups excluding tert-OH is 1. The van der Waals surface area contributed by atoms with Gasteiger partial charge in [-0.05, 0) is 62.5 Å². The van der Waals surface area contributed by atoms with E-state index >= 15 is 0 Å². The molecule has 0 heterocycles. The van der Waals surface area contributed by atoms with Crippen LogP contribution in [-0.2, 0) is 0 Å². The third kappa shape index (κ3) is 3.64. The number of ether oxygens (including phenoxy) is 1. The van der Waals surface area contributed by atoms with Gasteiger partial charge in [-0.3, -0.25) is 0 Å². The Bertz CT molecular complexity index is 490. The molecule has 0 aliphatic heterocycles. The molecule has 1 aromatic rings. The second-order valence-corrected chi connectivity index (χ2v) is 7.27. The quantitative estimate of drug-likeness (QED) is 0.813. The fourth-order valence-electron chi connectivity index (χ4n) is 4.34. The van der Waals surface area contributed by atoms with Crippen molar-refractivity contribution in [3.63, 3.8) is 0 Å². The molecule has 0 aromatic heterocycles. The molecule has 1 aromatic carbocycles. The Hall–Kier alpha value is -1.06. The molecule has 3 rings (SSSR count). The SMILES string of the molecule is Cc1ccccc1OCC(O)CNC(C)C1CC2CCC1C2. The molecule has 2 saturated carbocycles. The lowest BCUT2D eigenvalue weighted by molar-refractivity contribution is 0.0990. The van der Waals surface area contributed by atoms with E-state index in [1.165, 1.54) is 25.7 Å². The Morgan fingerprint density at radius 3 is 2.77 bits per heavy atom. The number of rotatable bonds is 7. The molecule has 2 aliphatic carbocycles. The lowest BCUT2D eigenvalue weighted by atomic mass is 9.84.